The maximum absolute atomic E-state index is 2.47. The molecule has 0 heteroatoms. The highest BCUT2D eigenvalue weighted by Crippen LogP contribution is 2.54. The van der Waals surface area contributed by atoms with Gasteiger partial charge in [0.2, 0.25) is 0 Å². The lowest BCUT2D eigenvalue weighted by molar-refractivity contribution is -0.00158. The second kappa shape index (κ2) is 6.78. The van der Waals surface area contributed by atoms with Gasteiger partial charge in [0.05, 0.1) is 0 Å². The van der Waals surface area contributed by atoms with Crippen LogP contribution in [0.25, 0.3) is 0 Å². The van der Waals surface area contributed by atoms with E-state index in [9.17, 15) is 0 Å². The molecule has 0 nitrogen and oxygen atoms in total. The van der Waals surface area contributed by atoms with Gasteiger partial charge in [-0.3, -0.25) is 0 Å². The Labute approximate surface area is 116 Å². The molecule has 0 aromatic heterocycles. The molecule has 0 heterocycles. The summed E-state index contributed by atoms with van der Waals surface area (Å²) < 4.78 is 0. The normalized spacial score (nSPS) is 17.2. The summed E-state index contributed by atoms with van der Waals surface area (Å²) in [5, 5.41) is 0. The Kier molecular flexibility index (Phi) is 6.68. The van der Waals surface area contributed by atoms with E-state index in [2.05, 4.69) is 62.3 Å². The summed E-state index contributed by atoms with van der Waals surface area (Å²) in [7, 11) is 0. The van der Waals surface area contributed by atoms with E-state index in [0.717, 1.165) is 5.92 Å². The molecule has 0 aliphatic rings. The van der Waals surface area contributed by atoms with E-state index in [1.807, 2.05) is 0 Å². The Balaban J connectivity index is 5.60. The molecule has 0 rings (SSSR count). The Morgan fingerprint density at radius 3 is 1.72 bits per heavy atom. The number of rotatable bonds is 7. The van der Waals surface area contributed by atoms with Gasteiger partial charge in [-0.25, -0.2) is 0 Å². The van der Waals surface area contributed by atoms with Gasteiger partial charge >= 0.3 is 0 Å². The minimum Gasteiger partial charge on any atom is -0.0775 e. The van der Waals surface area contributed by atoms with Crippen LogP contribution in [0.5, 0.6) is 0 Å². The second-order valence-electron chi connectivity index (χ2n) is 7.01. The molecular weight excluding hydrogens is 216 g/mol. The van der Waals surface area contributed by atoms with Crippen LogP contribution in [0.15, 0.2) is 11.1 Å². The highest BCUT2D eigenvalue weighted by molar-refractivity contribution is 5.12. The zero-order valence-electron chi connectivity index (χ0n) is 14.4. The Hall–Kier alpha value is -0.260. The Morgan fingerprint density at radius 2 is 1.44 bits per heavy atom. The first-order valence-corrected chi connectivity index (χ1v) is 7.81. The minimum atomic E-state index is 0.411. The highest BCUT2D eigenvalue weighted by Gasteiger charge is 2.45. The third-order valence-corrected chi connectivity index (χ3v) is 5.85. The van der Waals surface area contributed by atoms with E-state index < -0.39 is 0 Å². The highest BCUT2D eigenvalue weighted by atomic mass is 14.5. The predicted octanol–water partition coefficient (Wildman–Crippen LogP) is 6.61. The van der Waals surface area contributed by atoms with Gasteiger partial charge in [-0.2, -0.15) is 0 Å². The lowest BCUT2D eigenvalue weighted by Crippen LogP contribution is -2.42. The van der Waals surface area contributed by atoms with Crippen LogP contribution in [-0.4, -0.2) is 0 Å². The molecule has 0 N–H and O–H groups in total. The van der Waals surface area contributed by atoms with Crippen LogP contribution in [-0.2, 0) is 0 Å². The number of hydrogen-bond donors (Lipinski definition) is 0. The molecule has 0 spiro atoms. The lowest BCUT2D eigenvalue weighted by atomic mass is 9.54. The van der Waals surface area contributed by atoms with Crippen molar-refractivity contribution in [3.63, 3.8) is 0 Å². The van der Waals surface area contributed by atoms with Crippen LogP contribution in [0.2, 0.25) is 0 Å². The Morgan fingerprint density at radius 1 is 0.944 bits per heavy atom. The van der Waals surface area contributed by atoms with Crippen molar-refractivity contribution in [2.75, 3.05) is 0 Å². The van der Waals surface area contributed by atoms with Gasteiger partial charge in [-0.05, 0) is 50.4 Å². The van der Waals surface area contributed by atoms with E-state index in [4.69, 9.17) is 0 Å². The van der Waals surface area contributed by atoms with Gasteiger partial charge in [0, 0.05) is 0 Å². The van der Waals surface area contributed by atoms with E-state index in [0.29, 0.717) is 10.8 Å². The quantitative estimate of drug-likeness (QED) is 0.447. The molecule has 0 radical (unpaired) electrons. The van der Waals surface area contributed by atoms with Crippen molar-refractivity contribution in [3.05, 3.63) is 11.1 Å². The summed E-state index contributed by atoms with van der Waals surface area (Å²) in [6, 6.07) is 0. The van der Waals surface area contributed by atoms with Gasteiger partial charge in [0.15, 0.2) is 0 Å². The first kappa shape index (κ1) is 17.7. The van der Waals surface area contributed by atoms with Crippen LogP contribution in [0.3, 0.4) is 0 Å². The molecule has 108 valence electrons. The predicted molar refractivity (Wildman–Crippen MR) is 84.9 cm³/mol. The zero-order chi connectivity index (χ0) is 14.6. The van der Waals surface area contributed by atoms with Crippen molar-refractivity contribution in [3.8, 4) is 0 Å². The molecular formula is C18H36. The van der Waals surface area contributed by atoms with Crippen molar-refractivity contribution in [2.45, 2.75) is 88.0 Å². The van der Waals surface area contributed by atoms with Crippen molar-refractivity contribution >= 4 is 0 Å². The fourth-order valence-electron chi connectivity index (χ4n) is 3.43. The molecule has 0 saturated carbocycles. The standard InChI is InChI=1S/C18H36/c1-10-16(7)18(12-3,17(8,9)11-2)13-15(6)14(4)5/h16H,10-13H2,1-9H3. The largest absolute Gasteiger partial charge is 0.0775 e. The van der Waals surface area contributed by atoms with Crippen LogP contribution >= 0.6 is 0 Å². The monoisotopic (exact) mass is 252 g/mol. The fourth-order valence-corrected chi connectivity index (χ4v) is 3.43. The topological polar surface area (TPSA) is 0 Å². The molecule has 18 heavy (non-hydrogen) atoms. The first-order valence-electron chi connectivity index (χ1n) is 7.81. The van der Waals surface area contributed by atoms with Crippen molar-refractivity contribution in [1.29, 1.82) is 0 Å². The van der Waals surface area contributed by atoms with Crippen molar-refractivity contribution < 1.29 is 0 Å². The first-order chi connectivity index (χ1) is 8.18. The lowest BCUT2D eigenvalue weighted by Gasteiger charge is -2.51. The molecule has 0 amide bonds. The smallest absolute Gasteiger partial charge is 0.0186 e. The molecule has 0 bridgehead atoms. The van der Waals surface area contributed by atoms with Crippen LogP contribution in [0.4, 0.5) is 0 Å². The molecule has 0 fully saturated rings. The van der Waals surface area contributed by atoms with Crippen LogP contribution in [0.1, 0.15) is 88.0 Å². The van der Waals surface area contributed by atoms with Crippen LogP contribution < -0.4 is 0 Å². The molecule has 0 aromatic rings. The molecule has 2 unspecified atom stereocenters. The molecule has 0 aliphatic carbocycles. The summed E-state index contributed by atoms with van der Waals surface area (Å²) in [4.78, 5) is 0. The van der Waals surface area contributed by atoms with E-state index in [1.54, 1.807) is 5.57 Å². The van der Waals surface area contributed by atoms with Crippen LogP contribution in [0, 0.1) is 16.7 Å². The molecule has 0 saturated heterocycles. The number of allylic oxidation sites excluding steroid dienone is 2. The zero-order valence-corrected chi connectivity index (χ0v) is 14.4. The second-order valence-corrected chi connectivity index (χ2v) is 7.01. The summed E-state index contributed by atoms with van der Waals surface area (Å²) >= 11 is 0. The van der Waals surface area contributed by atoms with Crippen molar-refractivity contribution in [2.24, 2.45) is 16.7 Å². The van der Waals surface area contributed by atoms with Gasteiger partial charge in [-0.15, -0.1) is 0 Å². The fraction of sp³-hybridized carbons (Fsp3) is 0.889. The SMILES string of the molecule is CCC(C)C(CC)(CC(C)=C(C)C)C(C)(C)CC. The van der Waals surface area contributed by atoms with Gasteiger partial charge in [0.25, 0.3) is 0 Å². The van der Waals surface area contributed by atoms with Gasteiger partial charge in [-0.1, -0.05) is 65.5 Å². The minimum absolute atomic E-state index is 0.411. The van der Waals surface area contributed by atoms with E-state index >= 15 is 0 Å². The third kappa shape index (κ3) is 3.39. The third-order valence-electron chi connectivity index (χ3n) is 5.85. The van der Waals surface area contributed by atoms with Gasteiger partial charge < -0.3 is 0 Å². The average Bonchev–Trinajstić information content (AvgIpc) is 2.34. The summed E-state index contributed by atoms with van der Waals surface area (Å²) in [6.07, 6.45) is 5.10. The molecule has 0 aromatic carbocycles. The average molecular weight is 252 g/mol. The maximum atomic E-state index is 2.47. The summed E-state index contributed by atoms with van der Waals surface area (Å²) in [5.41, 5.74) is 3.95. The van der Waals surface area contributed by atoms with E-state index in [1.165, 1.54) is 31.3 Å². The number of hydrogen-bond acceptors (Lipinski definition) is 0. The molecule has 0 aliphatic heterocycles. The van der Waals surface area contributed by atoms with E-state index in [-0.39, 0.29) is 0 Å². The maximum Gasteiger partial charge on any atom is -0.0186 e. The summed E-state index contributed by atoms with van der Waals surface area (Å²) in [6.45, 7) is 21.3. The van der Waals surface area contributed by atoms with Crippen molar-refractivity contribution in [1.82, 2.24) is 0 Å². The summed E-state index contributed by atoms with van der Waals surface area (Å²) in [5.74, 6) is 0.784. The Bertz CT molecular complexity index is 278. The molecule has 2 atom stereocenters. The van der Waals surface area contributed by atoms with Gasteiger partial charge in [0.1, 0.15) is 0 Å².